The third-order valence-electron chi connectivity index (χ3n) is 7.31. The SMILES string of the molecule is O=C(O)CCC/C=C\C[C@@H]1[C@@H](/C=C/C(O)C(Cc2ccccc2)NC(=O)OCc2ccc([N+](=O)[O-])cc2)[C@H](O)C[C@@H]1O. The number of ether oxygens (including phenoxy) is 1. The number of nitrogens with one attached hydrogen (secondary N) is 1. The van der Waals surface area contributed by atoms with Gasteiger partial charge in [-0.25, -0.2) is 4.79 Å². The molecule has 0 radical (unpaired) electrons. The minimum atomic E-state index is -1.14. The quantitative estimate of drug-likeness (QED) is 0.0901. The Hall–Kier alpha value is -4.06. The Morgan fingerprint density at radius 1 is 1.05 bits per heavy atom. The van der Waals surface area contributed by atoms with Crippen molar-refractivity contribution in [2.24, 2.45) is 11.8 Å². The molecule has 11 nitrogen and oxygen atoms in total. The van der Waals surface area contributed by atoms with Crippen molar-refractivity contribution in [3.05, 3.63) is 100 Å². The third kappa shape index (κ3) is 10.4. The van der Waals surface area contributed by atoms with Crippen LogP contribution in [0.2, 0.25) is 0 Å². The van der Waals surface area contributed by atoms with E-state index in [-0.39, 0.29) is 37.5 Å². The van der Waals surface area contributed by atoms with Gasteiger partial charge in [-0.15, -0.1) is 0 Å². The van der Waals surface area contributed by atoms with Crippen LogP contribution < -0.4 is 5.32 Å². The van der Waals surface area contributed by atoms with E-state index in [2.05, 4.69) is 5.32 Å². The number of aliphatic carboxylic acids is 1. The van der Waals surface area contributed by atoms with E-state index in [0.29, 0.717) is 24.8 Å². The number of non-ortho nitro benzene ring substituents is 1. The summed E-state index contributed by atoms with van der Waals surface area (Å²) in [5.41, 5.74) is 1.36. The van der Waals surface area contributed by atoms with Crippen molar-refractivity contribution in [2.45, 2.75) is 69.5 Å². The smallest absolute Gasteiger partial charge is 0.407 e. The lowest BCUT2D eigenvalue weighted by atomic mass is 9.89. The summed E-state index contributed by atoms with van der Waals surface area (Å²) in [7, 11) is 0. The number of hydrogen-bond donors (Lipinski definition) is 5. The summed E-state index contributed by atoms with van der Waals surface area (Å²) in [6.07, 6.45) is 5.66. The molecule has 1 fully saturated rings. The molecule has 0 aromatic heterocycles. The lowest BCUT2D eigenvalue weighted by molar-refractivity contribution is -0.384. The number of carbonyl (C=O) groups is 2. The summed E-state index contributed by atoms with van der Waals surface area (Å²) in [6, 6.07) is 14.1. The second-order valence-electron chi connectivity index (χ2n) is 10.4. The summed E-state index contributed by atoms with van der Waals surface area (Å²) in [5, 5.41) is 54.5. The van der Waals surface area contributed by atoms with Gasteiger partial charge in [-0.3, -0.25) is 14.9 Å². The van der Waals surface area contributed by atoms with E-state index < -0.39 is 47.3 Å². The molecular formula is C31H38N2O9. The zero-order valence-corrected chi connectivity index (χ0v) is 23.2. The number of unbranched alkanes of at least 4 members (excludes halogenated alkanes) is 1. The number of amides is 1. The Bertz CT molecular complexity index is 1220. The number of hydrogen-bond acceptors (Lipinski definition) is 8. The van der Waals surface area contributed by atoms with E-state index in [0.717, 1.165) is 5.56 Å². The van der Waals surface area contributed by atoms with Crippen molar-refractivity contribution in [3.63, 3.8) is 0 Å². The van der Waals surface area contributed by atoms with Crippen LogP contribution in [0, 0.1) is 22.0 Å². The monoisotopic (exact) mass is 582 g/mol. The zero-order chi connectivity index (χ0) is 30.5. The fourth-order valence-electron chi connectivity index (χ4n) is 5.01. The van der Waals surface area contributed by atoms with Gasteiger partial charge in [0.1, 0.15) is 6.61 Å². The van der Waals surface area contributed by atoms with Crippen LogP contribution in [0.1, 0.15) is 43.2 Å². The number of nitro groups is 1. The van der Waals surface area contributed by atoms with Gasteiger partial charge in [0, 0.05) is 30.9 Å². The summed E-state index contributed by atoms with van der Waals surface area (Å²) >= 11 is 0. The van der Waals surface area contributed by atoms with Gasteiger partial charge in [0.2, 0.25) is 0 Å². The average molecular weight is 583 g/mol. The van der Waals surface area contributed by atoms with Crippen LogP contribution in [0.25, 0.3) is 0 Å². The van der Waals surface area contributed by atoms with Crippen molar-refractivity contribution in [3.8, 4) is 0 Å². The lowest BCUT2D eigenvalue weighted by Crippen LogP contribution is -2.44. The Morgan fingerprint density at radius 2 is 1.76 bits per heavy atom. The van der Waals surface area contributed by atoms with Crippen molar-refractivity contribution >= 4 is 17.7 Å². The molecule has 42 heavy (non-hydrogen) atoms. The molecule has 6 atom stereocenters. The molecule has 2 aromatic carbocycles. The number of benzene rings is 2. The number of nitro benzene ring substituents is 1. The Labute approximate surface area is 244 Å². The highest BCUT2D eigenvalue weighted by atomic mass is 16.6. The number of carbonyl (C=O) groups excluding carboxylic acids is 1. The predicted octanol–water partition coefficient (Wildman–Crippen LogP) is 3.91. The third-order valence-corrected chi connectivity index (χ3v) is 7.31. The van der Waals surface area contributed by atoms with Crippen LogP contribution in [0.3, 0.4) is 0 Å². The van der Waals surface area contributed by atoms with Gasteiger partial charge in [0.05, 0.1) is 29.3 Å². The Kier molecular flexibility index (Phi) is 12.7. The molecule has 1 saturated carbocycles. The molecule has 3 rings (SSSR count). The second kappa shape index (κ2) is 16.4. The highest BCUT2D eigenvalue weighted by molar-refractivity contribution is 5.68. The first-order valence-corrected chi connectivity index (χ1v) is 13.9. The molecule has 2 aromatic rings. The van der Waals surface area contributed by atoms with Gasteiger partial charge in [-0.2, -0.15) is 0 Å². The van der Waals surface area contributed by atoms with Gasteiger partial charge in [0.15, 0.2) is 0 Å². The largest absolute Gasteiger partial charge is 0.481 e. The minimum Gasteiger partial charge on any atom is -0.481 e. The maximum Gasteiger partial charge on any atom is 0.407 e. The number of carboxylic acids is 1. The summed E-state index contributed by atoms with van der Waals surface area (Å²) < 4.78 is 5.29. The second-order valence-corrected chi connectivity index (χ2v) is 10.4. The van der Waals surface area contributed by atoms with Crippen molar-refractivity contribution < 1.29 is 39.7 Å². The highest BCUT2D eigenvalue weighted by Gasteiger charge is 2.39. The highest BCUT2D eigenvalue weighted by Crippen LogP contribution is 2.36. The Balaban J connectivity index is 1.63. The molecule has 1 aliphatic rings. The number of allylic oxidation sites excluding steroid dienone is 2. The molecule has 1 aliphatic carbocycles. The average Bonchev–Trinajstić information content (AvgIpc) is 3.23. The summed E-state index contributed by atoms with van der Waals surface area (Å²) in [4.78, 5) is 33.6. The van der Waals surface area contributed by atoms with Crippen LogP contribution in [-0.2, 0) is 22.6 Å². The molecule has 5 N–H and O–H groups in total. The van der Waals surface area contributed by atoms with Crippen LogP contribution in [0.4, 0.5) is 10.5 Å². The number of alkyl carbamates (subject to hydrolysis) is 1. The maximum absolute atomic E-state index is 12.6. The van der Waals surface area contributed by atoms with E-state index in [9.17, 15) is 35.0 Å². The number of aliphatic hydroxyl groups is 3. The number of rotatable bonds is 15. The van der Waals surface area contributed by atoms with Gasteiger partial charge < -0.3 is 30.5 Å². The molecule has 0 heterocycles. The molecular weight excluding hydrogens is 544 g/mol. The summed E-state index contributed by atoms with van der Waals surface area (Å²) in [6.45, 7) is -0.120. The van der Waals surface area contributed by atoms with Gasteiger partial charge in [0.25, 0.3) is 5.69 Å². The van der Waals surface area contributed by atoms with Crippen LogP contribution in [-0.4, -0.2) is 61.8 Å². The molecule has 1 amide bonds. The molecule has 11 heteroatoms. The van der Waals surface area contributed by atoms with Crippen molar-refractivity contribution in [1.29, 1.82) is 0 Å². The van der Waals surface area contributed by atoms with E-state index in [1.165, 1.54) is 30.3 Å². The normalized spacial score (nSPS) is 21.8. The van der Waals surface area contributed by atoms with Gasteiger partial charge in [-0.05, 0) is 54.9 Å². The van der Waals surface area contributed by atoms with E-state index in [1.54, 1.807) is 6.08 Å². The zero-order valence-electron chi connectivity index (χ0n) is 23.2. The van der Waals surface area contributed by atoms with Crippen molar-refractivity contribution in [2.75, 3.05) is 0 Å². The molecule has 0 aliphatic heterocycles. The van der Waals surface area contributed by atoms with Gasteiger partial charge in [-0.1, -0.05) is 54.6 Å². The first-order valence-electron chi connectivity index (χ1n) is 13.9. The topological polar surface area (TPSA) is 179 Å². The molecule has 0 spiro atoms. The fraction of sp³-hybridized carbons (Fsp3) is 0.419. The van der Waals surface area contributed by atoms with E-state index in [4.69, 9.17) is 9.84 Å². The molecule has 2 unspecified atom stereocenters. The lowest BCUT2D eigenvalue weighted by Gasteiger charge is -2.24. The van der Waals surface area contributed by atoms with Crippen LogP contribution in [0.15, 0.2) is 78.9 Å². The first kappa shape index (κ1) is 32.5. The molecule has 226 valence electrons. The first-order chi connectivity index (χ1) is 20.1. The number of carboxylic acid groups (broad SMARTS) is 1. The molecule has 0 bridgehead atoms. The van der Waals surface area contributed by atoms with Crippen LogP contribution in [0.5, 0.6) is 0 Å². The standard InChI is InChI=1S/C31H38N2O9/c34-27(17-16-25-24(28(35)19-29(25)36)10-6-1-2-7-11-30(37)38)26(18-21-8-4-3-5-9-21)32-31(39)42-20-22-12-14-23(15-13-22)33(40)41/h1,3-6,8-9,12-17,24-29,34-36H,2,7,10-11,18-20H2,(H,32,39)(H,37,38)/b6-1-,17-16+/t24-,25-,26?,27?,28+,29-/m1/s1. The number of nitrogens with zero attached hydrogens (tertiary/aromatic N) is 1. The maximum atomic E-state index is 12.6. The Morgan fingerprint density at radius 3 is 2.43 bits per heavy atom. The summed E-state index contributed by atoms with van der Waals surface area (Å²) in [5.74, 6) is -1.56. The fourth-order valence-corrected chi connectivity index (χ4v) is 5.01. The van der Waals surface area contributed by atoms with E-state index >= 15 is 0 Å². The molecule has 0 saturated heterocycles. The van der Waals surface area contributed by atoms with Crippen molar-refractivity contribution in [1.82, 2.24) is 5.32 Å². The van der Waals surface area contributed by atoms with Gasteiger partial charge >= 0.3 is 12.1 Å². The predicted molar refractivity (Wildman–Crippen MR) is 154 cm³/mol. The minimum absolute atomic E-state index is 0.0741. The van der Waals surface area contributed by atoms with E-state index in [1.807, 2.05) is 42.5 Å². The van der Waals surface area contributed by atoms with Crippen LogP contribution >= 0.6 is 0 Å². The number of aliphatic hydroxyl groups excluding tert-OH is 3.